The van der Waals surface area contributed by atoms with Crippen molar-refractivity contribution in [3.05, 3.63) is 0 Å². The topological polar surface area (TPSA) is 0 Å². The smallest absolute Gasteiger partial charge is 0.0381 e. The summed E-state index contributed by atoms with van der Waals surface area (Å²) in [6.07, 6.45) is 8.32. The van der Waals surface area contributed by atoms with Crippen LogP contribution in [0.2, 0.25) is 0 Å². The number of hydrogen-bond acceptors (Lipinski definition) is 0. The number of halogens is 1. The van der Waals surface area contributed by atoms with Gasteiger partial charge in [-0.05, 0) is 12.6 Å². The SMILES string of the molecule is CCCCCCCP.Cl. The van der Waals surface area contributed by atoms with E-state index >= 15 is 0 Å². The average Bonchev–Trinajstić information content (AvgIpc) is 1.81. The van der Waals surface area contributed by atoms with E-state index in [2.05, 4.69) is 16.2 Å². The fourth-order valence-corrected chi connectivity index (χ4v) is 1.04. The van der Waals surface area contributed by atoms with Gasteiger partial charge in [-0.3, -0.25) is 0 Å². The molecule has 1 atom stereocenters. The van der Waals surface area contributed by atoms with Gasteiger partial charge < -0.3 is 0 Å². The zero-order valence-electron chi connectivity index (χ0n) is 6.23. The molecule has 0 nitrogen and oxygen atoms in total. The second-order valence-electron chi connectivity index (χ2n) is 2.20. The predicted octanol–water partition coefficient (Wildman–Crippen LogP) is 3.25. The Morgan fingerprint density at radius 2 is 1.56 bits per heavy atom. The van der Waals surface area contributed by atoms with Crippen LogP contribution in [0.25, 0.3) is 0 Å². The molecule has 0 aromatic heterocycles. The van der Waals surface area contributed by atoms with E-state index in [0.717, 1.165) is 0 Å². The van der Waals surface area contributed by atoms with Crippen molar-refractivity contribution < 1.29 is 0 Å². The quantitative estimate of drug-likeness (QED) is 0.437. The van der Waals surface area contributed by atoms with Gasteiger partial charge in [-0.15, -0.1) is 21.6 Å². The Bertz CT molecular complexity index is 33.9. The van der Waals surface area contributed by atoms with Gasteiger partial charge in [0.15, 0.2) is 0 Å². The molecule has 2 heteroatoms. The number of hydrogen-bond donors (Lipinski definition) is 0. The highest BCUT2D eigenvalue weighted by Gasteiger charge is 1.83. The third-order valence-electron chi connectivity index (χ3n) is 1.31. The van der Waals surface area contributed by atoms with Gasteiger partial charge in [-0.2, -0.15) is 0 Å². The van der Waals surface area contributed by atoms with Crippen molar-refractivity contribution in [1.82, 2.24) is 0 Å². The van der Waals surface area contributed by atoms with Crippen LogP contribution in [0.3, 0.4) is 0 Å². The summed E-state index contributed by atoms with van der Waals surface area (Å²) in [5, 5.41) is 0. The molecule has 0 saturated heterocycles. The summed E-state index contributed by atoms with van der Waals surface area (Å²) in [5.74, 6) is 0. The van der Waals surface area contributed by atoms with E-state index in [-0.39, 0.29) is 12.4 Å². The van der Waals surface area contributed by atoms with Crippen LogP contribution in [-0.2, 0) is 0 Å². The molecule has 0 radical (unpaired) electrons. The molecule has 0 aliphatic rings. The third kappa shape index (κ3) is 12.0. The van der Waals surface area contributed by atoms with Gasteiger partial charge in [-0.1, -0.05) is 32.6 Å². The minimum Gasteiger partial charge on any atom is -0.147 e. The molecule has 0 aliphatic carbocycles. The van der Waals surface area contributed by atoms with Crippen LogP contribution in [-0.4, -0.2) is 6.16 Å². The predicted molar refractivity (Wildman–Crippen MR) is 50.6 cm³/mol. The Morgan fingerprint density at radius 3 is 2.00 bits per heavy atom. The van der Waals surface area contributed by atoms with Crippen molar-refractivity contribution in [1.29, 1.82) is 0 Å². The maximum atomic E-state index is 2.77. The van der Waals surface area contributed by atoms with E-state index in [1.54, 1.807) is 0 Å². The summed E-state index contributed by atoms with van der Waals surface area (Å²) in [6, 6.07) is 0. The van der Waals surface area contributed by atoms with Crippen LogP contribution in [0.15, 0.2) is 0 Å². The Kier molecular flexibility index (Phi) is 15.9. The molecule has 0 rings (SSSR count). The summed E-state index contributed by atoms with van der Waals surface area (Å²) in [7, 11) is 2.77. The summed E-state index contributed by atoms with van der Waals surface area (Å²) >= 11 is 0. The van der Waals surface area contributed by atoms with Crippen LogP contribution in [0.1, 0.15) is 39.0 Å². The third-order valence-corrected chi connectivity index (χ3v) is 1.72. The van der Waals surface area contributed by atoms with E-state index in [4.69, 9.17) is 0 Å². The Hall–Kier alpha value is 0.720. The van der Waals surface area contributed by atoms with E-state index in [1.807, 2.05) is 0 Å². The number of unbranched alkanes of at least 4 members (excludes halogenated alkanes) is 4. The molecule has 0 spiro atoms. The lowest BCUT2D eigenvalue weighted by molar-refractivity contribution is 0.659. The van der Waals surface area contributed by atoms with Crippen LogP contribution < -0.4 is 0 Å². The molecule has 9 heavy (non-hydrogen) atoms. The molecular formula is C7H18ClP. The molecule has 0 aromatic carbocycles. The monoisotopic (exact) mass is 168 g/mol. The normalized spacial score (nSPS) is 8.67. The number of rotatable bonds is 5. The largest absolute Gasteiger partial charge is 0.147 e. The molecule has 0 aromatic rings. The van der Waals surface area contributed by atoms with Crippen molar-refractivity contribution in [2.24, 2.45) is 0 Å². The molecule has 1 unspecified atom stereocenters. The first-order valence-corrected chi connectivity index (χ1v) is 4.43. The summed E-state index contributed by atoms with van der Waals surface area (Å²) in [6.45, 7) is 2.25. The Labute approximate surface area is 67.4 Å². The summed E-state index contributed by atoms with van der Waals surface area (Å²) in [5.41, 5.74) is 0. The van der Waals surface area contributed by atoms with Crippen molar-refractivity contribution in [3.63, 3.8) is 0 Å². The molecule has 0 aliphatic heterocycles. The fraction of sp³-hybridized carbons (Fsp3) is 1.00. The Balaban J connectivity index is 0. The van der Waals surface area contributed by atoms with Gasteiger partial charge in [0.2, 0.25) is 0 Å². The van der Waals surface area contributed by atoms with E-state index in [1.165, 1.54) is 38.3 Å². The molecule has 0 fully saturated rings. The van der Waals surface area contributed by atoms with Crippen LogP contribution in [0.4, 0.5) is 0 Å². The van der Waals surface area contributed by atoms with Crippen LogP contribution in [0.5, 0.6) is 0 Å². The van der Waals surface area contributed by atoms with Crippen molar-refractivity contribution in [2.45, 2.75) is 39.0 Å². The van der Waals surface area contributed by atoms with Crippen LogP contribution in [0, 0.1) is 0 Å². The summed E-state index contributed by atoms with van der Waals surface area (Å²) in [4.78, 5) is 0. The minimum atomic E-state index is 0. The van der Waals surface area contributed by atoms with Gasteiger partial charge in [0.1, 0.15) is 0 Å². The average molecular weight is 169 g/mol. The fourth-order valence-electron chi connectivity index (χ4n) is 0.748. The summed E-state index contributed by atoms with van der Waals surface area (Å²) < 4.78 is 0. The van der Waals surface area contributed by atoms with Gasteiger partial charge in [0.05, 0.1) is 0 Å². The van der Waals surface area contributed by atoms with Crippen molar-refractivity contribution in [3.8, 4) is 0 Å². The molecule has 0 heterocycles. The highest BCUT2D eigenvalue weighted by molar-refractivity contribution is 7.16. The lowest BCUT2D eigenvalue weighted by atomic mass is 10.2. The second-order valence-corrected chi connectivity index (χ2v) is 2.78. The van der Waals surface area contributed by atoms with Crippen LogP contribution >= 0.6 is 21.6 Å². The molecule has 0 N–H and O–H groups in total. The van der Waals surface area contributed by atoms with E-state index in [0.29, 0.717) is 0 Å². The highest BCUT2D eigenvalue weighted by atomic mass is 35.5. The first kappa shape index (κ1) is 12.4. The zero-order valence-corrected chi connectivity index (χ0v) is 8.20. The first-order chi connectivity index (χ1) is 3.91. The lowest BCUT2D eigenvalue weighted by Gasteiger charge is -1.93. The minimum absolute atomic E-state index is 0. The molecular weight excluding hydrogens is 151 g/mol. The van der Waals surface area contributed by atoms with Gasteiger partial charge >= 0.3 is 0 Å². The second kappa shape index (κ2) is 11.5. The van der Waals surface area contributed by atoms with Gasteiger partial charge in [0.25, 0.3) is 0 Å². The van der Waals surface area contributed by atoms with Gasteiger partial charge in [0, 0.05) is 0 Å². The highest BCUT2D eigenvalue weighted by Crippen LogP contribution is 2.03. The van der Waals surface area contributed by atoms with E-state index < -0.39 is 0 Å². The van der Waals surface area contributed by atoms with Gasteiger partial charge in [-0.25, -0.2) is 0 Å². The lowest BCUT2D eigenvalue weighted by Crippen LogP contribution is -1.76. The molecule has 0 amide bonds. The van der Waals surface area contributed by atoms with E-state index in [9.17, 15) is 0 Å². The zero-order chi connectivity index (χ0) is 6.24. The maximum absolute atomic E-state index is 2.77. The molecule has 0 saturated carbocycles. The maximum Gasteiger partial charge on any atom is -0.0381 e. The van der Waals surface area contributed by atoms with Crippen molar-refractivity contribution in [2.75, 3.05) is 6.16 Å². The van der Waals surface area contributed by atoms with Crippen molar-refractivity contribution >= 4 is 21.6 Å². The Morgan fingerprint density at radius 1 is 1.00 bits per heavy atom. The molecule has 0 bridgehead atoms. The first-order valence-electron chi connectivity index (χ1n) is 3.62. The standard InChI is InChI=1S/C7H17P.ClH/c1-2-3-4-5-6-7-8;/h2-8H2,1H3;1H. The molecule has 58 valence electrons.